The van der Waals surface area contributed by atoms with Gasteiger partial charge in [0.15, 0.2) is 10.9 Å². The zero-order valence-electron chi connectivity index (χ0n) is 13.4. The Morgan fingerprint density at radius 2 is 2.08 bits per heavy atom. The van der Waals surface area contributed by atoms with Crippen LogP contribution in [0, 0.1) is 6.92 Å². The van der Waals surface area contributed by atoms with Crippen LogP contribution in [0.15, 0.2) is 16.8 Å². The molecule has 0 bridgehead atoms. The molecular formula is C14H21ClN6O2S. The van der Waals surface area contributed by atoms with Crippen molar-refractivity contribution in [3.63, 3.8) is 0 Å². The van der Waals surface area contributed by atoms with E-state index in [1.54, 1.807) is 13.0 Å². The van der Waals surface area contributed by atoms with E-state index in [0.717, 1.165) is 32.7 Å². The van der Waals surface area contributed by atoms with Crippen LogP contribution >= 0.6 is 23.7 Å². The standard InChI is InChI=1S/C14H20N6O2S.ClH/c1-10-6-12(18-22-10)17-13(21)9-20-4-2-19(3-5-20)8-11-7-16-14(15)23-11;/h6-7H,2-5,8-9H2,1H3,(H2,15,16)(H,17,18,21);1H. The number of aryl methyl sites for hydroxylation is 1. The Morgan fingerprint density at radius 3 is 2.67 bits per heavy atom. The Hall–Kier alpha value is -1.68. The number of nitrogens with one attached hydrogen (secondary N) is 1. The molecule has 0 spiro atoms. The van der Waals surface area contributed by atoms with E-state index >= 15 is 0 Å². The van der Waals surface area contributed by atoms with Gasteiger partial charge in [-0.05, 0) is 6.92 Å². The van der Waals surface area contributed by atoms with Gasteiger partial charge in [-0.15, -0.1) is 23.7 Å². The number of anilines is 2. The van der Waals surface area contributed by atoms with Gasteiger partial charge in [-0.3, -0.25) is 14.6 Å². The van der Waals surface area contributed by atoms with Gasteiger partial charge in [0.1, 0.15) is 5.76 Å². The number of nitrogens with two attached hydrogens (primary N) is 1. The second kappa shape index (κ2) is 8.43. The van der Waals surface area contributed by atoms with Crippen LogP contribution in [0.3, 0.4) is 0 Å². The highest BCUT2D eigenvalue weighted by molar-refractivity contribution is 7.15. The van der Waals surface area contributed by atoms with E-state index in [4.69, 9.17) is 10.3 Å². The third kappa shape index (κ3) is 5.17. The molecule has 0 unspecified atom stereocenters. The third-order valence-electron chi connectivity index (χ3n) is 3.68. The van der Waals surface area contributed by atoms with Crippen molar-refractivity contribution in [1.29, 1.82) is 0 Å². The monoisotopic (exact) mass is 372 g/mol. The van der Waals surface area contributed by atoms with Crippen molar-refractivity contribution in [2.45, 2.75) is 13.5 Å². The Labute approximate surface area is 150 Å². The van der Waals surface area contributed by atoms with Crippen LogP contribution in [0.2, 0.25) is 0 Å². The van der Waals surface area contributed by atoms with Gasteiger partial charge in [0.25, 0.3) is 0 Å². The summed E-state index contributed by atoms with van der Waals surface area (Å²) < 4.78 is 4.93. The lowest BCUT2D eigenvalue weighted by molar-refractivity contribution is -0.117. The SMILES string of the molecule is Cc1cc(NC(=O)CN2CCN(Cc3cnc(N)s3)CC2)no1.Cl. The minimum absolute atomic E-state index is 0. The van der Waals surface area contributed by atoms with Crippen LogP contribution < -0.4 is 11.1 Å². The highest BCUT2D eigenvalue weighted by atomic mass is 35.5. The predicted octanol–water partition coefficient (Wildman–Crippen LogP) is 1.20. The maximum absolute atomic E-state index is 12.0. The average Bonchev–Trinajstić information content (AvgIpc) is 3.10. The van der Waals surface area contributed by atoms with Gasteiger partial charge in [-0.25, -0.2) is 4.98 Å². The Morgan fingerprint density at radius 1 is 1.38 bits per heavy atom. The Balaban J connectivity index is 0.00000208. The van der Waals surface area contributed by atoms with Crippen molar-refractivity contribution in [2.75, 3.05) is 43.8 Å². The number of hydrogen-bond donors (Lipinski definition) is 2. The lowest BCUT2D eigenvalue weighted by Crippen LogP contribution is -2.48. The number of nitrogen functional groups attached to an aromatic ring is 1. The van der Waals surface area contributed by atoms with Crippen molar-refractivity contribution in [2.24, 2.45) is 0 Å². The summed E-state index contributed by atoms with van der Waals surface area (Å²) in [5.74, 6) is 1.08. The van der Waals surface area contributed by atoms with Gasteiger partial charge >= 0.3 is 0 Å². The maximum Gasteiger partial charge on any atom is 0.239 e. The summed E-state index contributed by atoms with van der Waals surface area (Å²) in [5, 5.41) is 7.11. The molecule has 0 saturated carbocycles. The lowest BCUT2D eigenvalue weighted by Gasteiger charge is -2.33. The second-order valence-electron chi connectivity index (χ2n) is 5.59. The molecule has 0 atom stereocenters. The molecule has 3 rings (SSSR count). The van der Waals surface area contributed by atoms with E-state index in [1.807, 2.05) is 6.20 Å². The molecule has 0 aromatic carbocycles. The van der Waals surface area contributed by atoms with E-state index < -0.39 is 0 Å². The summed E-state index contributed by atoms with van der Waals surface area (Å²) in [4.78, 5) is 21.7. The minimum atomic E-state index is -0.0676. The van der Waals surface area contributed by atoms with Gasteiger partial charge < -0.3 is 15.6 Å². The number of carbonyl (C=O) groups excluding carboxylic acids is 1. The molecule has 2 aromatic rings. The first-order chi connectivity index (χ1) is 11.1. The van der Waals surface area contributed by atoms with Crippen LogP contribution in [0.4, 0.5) is 10.9 Å². The fourth-order valence-electron chi connectivity index (χ4n) is 2.53. The number of piperazine rings is 1. The number of rotatable bonds is 5. The van der Waals surface area contributed by atoms with Gasteiger partial charge in [-0.1, -0.05) is 5.16 Å². The number of halogens is 1. The summed E-state index contributed by atoms with van der Waals surface area (Å²) in [6.45, 7) is 6.60. The van der Waals surface area contributed by atoms with Crippen molar-refractivity contribution in [3.8, 4) is 0 Å². The molecule has 0 aliphatic carbocycles. The molecule has 3 heterocycles. The van der Waals surface area contributed by atoms with E-state index in [-0.39, 0.29) is 18.3 Å². The topological polar surface area (TPSA) is 101 Å². The van der Waals surface area contributed by atoms with E-state index in [9.17, 15) is 4.79 Å². The van der Waals surface area contributed by atoms with Crippen molar-refractivity contribution >= 4 is 40.6 Å². The second-order valence-corrected chi connectivity index (χ2v) is 6.73. The summed E-state index contributed by atoms with van der Waals surface area (Å²) >= 11 is 1.53. The van der Waals surface area contributed by atoms with Gasteiger partial charge in [0.05, 0.1) is 6.54 Å². The quantitative estimate of drug-likeness (QED) is 0.813. The summed E-state index contributed by atoms with van der Waals surface area (Å²) in [6.07, 6.45) is 1.83. The predicted molar refractivity (Wildman–Crippen MR) is 95.4 cm³/mol. The molecule has 2 aromatic heterocycles. The zero-order chi connectivity index (χ0) is 16.2. The van der Waals surface area contributed by atoms with Crippen molar-refractivity contribution in [3.05, 3.63) is 22.9 Å². The largest absolute Gasteiger partial charge is 0.375 e. The van der Waals surface area contributed by atoms with Crippen molar-refractivity contribution in [1.82, 2.24) is 19.9 Å². The fourth-order valence-corrected chi connectivity index (χ4v) is 3.26. The minimum Gasteiger partial charge on any atom is -0.375 e. The molecular weight excluding hydrogens is 352 g/mol. The average molecular weight is 373 g/mol. The first kappa shape index (κ1) is 18.7. The highest BCUT2D eigenvalue weighted by Gasteiger charge is 2.20. The molecule has 3 N–H and O–H groups in total. The molecule has 24 heavy (non-hydrogen) atoms. The van der Waals surface area contributed by atoms with Crippen LogP contribution in [0.5, 0.6) is 0 Å². The van der Waals surface area contributed by atoms with Crippen molar-refractivity contribution < 1.29 is 9.32 Å². The van der Waals surface area contributed by atoms with Crippen LogP contribution in [-0.2, 0) is 11.3 Å². The van der Waals surface area contributed by atoms with Crippen LogP contribution in [0.1, 0.15) is 10.6 Å². The van der Waals surface area contributed by atoms with Crippen LogP contribution in [0.25, 0.3) is 0 Å². The van der Waals surface area contributed by atoms with Gasteiger partial charge in [0, 0.05) is 49.9 Å². The molecule has 1 fully saturated rings. The summed E-state index contributed by atoms with van der Waals surface area (Å²) in [6, 6.07) is 1.70. The molecule has 1 aliphatic rings. The summed E-state index contributed by atoms with van der Waals surface area (Å²) in [5.41, 5.74) is 5.65. The van der Waals surface area contributed by atoms with E-state index in [2.05, 4.69) is 25.3 Å². The molecule has 1 aliphatic heterocycles. The normalized spacial score (nSPS) is 15.9. The van der Waals surface area contributed by atoms with Gasteiger partial charge in [0.2, 0.25) is 5.91 Å². The summed E-state index contributed by atoms with van der Waals surface area (Å²) in [7, 11) is 0. The highest BCUT2D eigenvalue weighted by Crippen LogP contribution is 2.17. The third-order valence-corrected chi connectivity index (χ3v) is 4.49. The smallest absolute Gasteiger partial charge is 0.239 e. The lowest BCUT2D eigenvalue weighted by atomic mass is 10.3. The fraction of sp³-hybridized carbons (Fsp3) is 0.500. The van der Waals surface area contributed by atoms with E-state index in [0.29, 0.717) is 23.3 Å². The number of carbonyl (C=O) groups is 1. The first-order valence-electron chi connectivity index (χ1n) is 7.46. The number of hydrogen-bond acceptors (Lipinski definition) is 8. The van der Waals surface area contributed by atoms with E-state index in [1.165, 1.54) is 16.2 Å². The molecule has 132 valence electrons. The molecule has 8 nitrogen and oxygen atoms in total. The number of nitrogens with zero attached hydrogens (tertiary/aromatic N) is 4. The Bertz CT molecular complexity index is 668. The molecule has 1 saturated heterocycles. The molecule has 10 heteroatoms. The molecule has 0 radical (unpaired) electrons. The molecule has 1 amide bonds. The number of thiazole rings is 1. The zero-order valence-corrected chi connectivity index (χ0v) is 15.0. The Kier molecular flexibility index (Phi) is 6.55. The number of aromatic nitrogens is 2. The first-order valence-corrected chi connectivity index (χ1v) is 8.28. The number of amides is 1. The van der Waals surface area contributed by atoms with Crippen LogP contribution in [-0.4, -0.2) is 58.6 Å². The van der Waals surface area contributed by atoms with Gasteiger partial charge in [-0.2, -0.15) is 0 Å². The maximum atomic E-state index is 12.0.